The van der Waals surface area contributed by atoms with Crippen LogP contribution in [0.2, 0.25) is 0 Å². The molecule has 0 amide bonds. The molecule has 0 saturated carbocycles. The smallest absolute Gasteiger partial charge is 0.0768 e. The molecule has 4 rings (SSSR count). The maximum atomic E-state index is 5.55. The fraction of sp³-hybridized carbons (Fsp3) is 0.636. The minimum absolute atomic E-state index is 0.701. The molecule has 1 atom stereocenters. The van der Waals surface area contributed by atoms with Crippen LogP contribution in [0, 0.1) is 5.92 Å². The van der Waals surface area contributed by atoms with Crippen molar-refractivity contribution in [3.8, 4) is 0 Å². The largest absolute Gasteiger partial charge is 0.381 e. The van der Waals surface area contributed by atoms with Crippen LogP contribution >= 0.6 is 0 Å². The zero-order valence-electron chi connectivity index (χ0n) is 17.3. The molecule has 2 aliphatic rings. The highest BCUT2D eigenvalue weighted by molar-refractivity contribution is 5.15. The highest BCUT2D eigenvalue weighted by Crippen LogP contribution is 2.19. The molecule has 2 aromatic heterocycles. The van der Waals surface area contributed by atoms with Crippen molar-refractivity contribution in [3.63, 3.8) is 0 Å². The van der Waals surface area contributed by atoms with Gasteiger partial charge in [0.05, 0.1) is 23.7 Å². The predicted octanol–water partition coefficient (Wildman–Crippen LogP) is 2.71. The molecule has 2 aromatic rings. The van der Waals surface area contributed by atoms with E-state index < -0.39 is 0 Å². The van der Waals surface area contributed by atoms with Crippen LogP contribution in [-0.2, 0) is 37.3 Å². The van der Waals surface area contributed by atoms with Crippen LogP contribution in [0.15, 0.2) is 24.4 Å². The number of hydrogen-bond acceptors (Lipinski definition) is 5. The molecule has 2 aliphatic heterocycles. The summed E-state index contributed by atoms with van der Waals surface area (Å²) >= 11 is 0. The van der Waals surface area contributed by atoms with E-state index >= 15 is 0 Å². The van der Waals surface area contributed by atoms with Gasteiger partial charge in [-0.15, -0.1) is 0 Å². The molecular weight excluding hydrogens is 350 g/mol. The van der Waals surface area contributed by atoms with Crippen molar-refractivity contribution in [2.24, 2.45) is 5.92 Å². The molecule has 0 aromatic carbocycles. The molecule has 1 fully saturated rings. The van der Waals surface area contributed by atoms with Crippen molar-refractivity contribution >= 4 is 0 Å². The molecule has 0 radical (unpaired) electrons. The molecule has 28 heavy (non-hydrogen) atoms. The molecule has 6 nitrogen and oxygen atoms in total. The van der Waals surface area contributed by atoms with E-state index in [-0.39, 0.29) is 0 Å². The summed E-state index contributed by atoms with van der Waals surface area (Å²) in [4.78, 5) is 9.47. The third-order valence-corrected chi connectivity index (χ3v) is 5.84. The van der Waals surface area contributed by atoms with Crippen LogP contribution < -0.4 is 0 Å². The van der Waals surface area contributed by atoms with Gasteiger partial charge in [-0.25, -0.2) is 0 Å². The van der Waals surface area contributed by atoms with Crippen LogP contribution in [-0.4, -0.2) is 57.9 Å². The fourth-order valence-corrected chi connectivity index (χ4v) is 4.28. The van der Waals surface area contributed by atoms with Crippen LogP contribution in [0.1, 0.15) is 42.4 Å². The van der Waals surface area contributed by atoms with Gasteiger partial charge >= 0.3 is 0 Å². The van der Waals surface area contributed by atoms with Gasteiger partial charge in [-0.05, 0) is 49.9 Å². The van der Waals surface area contributed by atoms with E-state index in [0.717, 1.165) is 70.3 Å². The van der Waals surface area contributed by atoms with Crippen LogP contribution in [0.5, 0.6) is 0 Å². The lowest BCUT2D eigenvalue weighted by molar-refractivity contribution is 0.165. The molecule has 4 heterocycles. The van der Waals surface area contributed by atoms with Gasteiger partial charge in [0.2, 0.25) is 0 Å². The SMILES string of the molecule is CCc1ccc(CN(C)Cc2cc3n(n2)CCCN(C[C@@H]2CCOC2)C3)nc1. The molecule has 6 heteroatoms. The second-order valence-corrected chi connectivity index (χ2v) is 8.35. The average molecular weight is 384 g/mol. The number of nitrogens with zero attached hydrogens (tertiary/aromatic N) is 5. The fourth-order valence-electron chi connectivity index (χ4n) is 4.28. The standard InChI is InChI=1S/C22H33N5O/c1-3-18-5-6-20(23-12-18)14-25(2)15-21-11-22-16-26(8-4-9-27(22)24-21)13-19-7-10-28-17-19/h5-6,11-12,19H,3-4,7-10,13-17H2,1-2H3/t19-/m0/s1. The quantitative estimate of drug-likeness (QED) is 0.736. The van der Waals surface area contributed by atoms with E-state index in [1.54, 1.807) is 0 Å². The second-order valence-electron chi connectivity index (χ2n) is 8.35. The summed E-state index contributed by atoms with van der Waals surface area (Å²) in [5.74, 6) is 0.701. The normalized spacial score (nSPS) is 20.5. The summed E-state index contributed by atoms with van der Waals surface area (Å²) in [6, 6.07) is 6.62. The van der Waals surface area contributed by atoms with Gasteiger partial charge in [0.1, 0.15) is 0 Å². The lowest BCUT2D eigenvalue weighted by Crippen LogP contribution is -2.29. The molecule has 0 unspecified atom stereocenters. The lowest BCUT2D eigenvalue weighted by Gasteiger charge is -2.22. The van der Waals surface area contributed by atoms with Gasteiger partial charge < -0.3 is 4.74 Å². The van der Waals surface area contributed by atoms with Crippen LogP contribution in [0.3, 0.4) is 0 Å². The maximum Gasteiger partial charge on any atom is 0.0768 e. The third-order valence-electron chi connectivity index (χ3n) is 5.84. The van der Waals surface area contributed by atoms with E-state index in [1.165, 1.54) is 24.1 Å². The Balaban J connectivity index is 1.34. The molecule has 0 bridgehead atoms. The van der Waals surface area contributed by atoms with E-state index in [4.69, 9.17) is 9.84 Å². The van der Waals surface area contributed by atoms with Crippen LogP contribution in [0.25, 0.3) is 0 Å². The highest BCUT2D eigenvalue weighted by atomic mass is 16.5. The monoisotopic (exact) mass is 383 g/mol. The minimum Gasteiger partial charge on any atom is -0.381 e. The Morgan fingerprint density at radius 1 is 1.21 bits per heavy atom. The van der Waals surface area contributed by atoms with E-state index in [9.17, 15) is 0 Å². The summed E-state index contributed by atoms with van der Waals surface area (Å²) in [6.45, 7) is 10.1. The lowest BCUT2D eigenvalue weighted by atomic mass is 10.1. The predicted molar refractivity (Wildman–Crippen MR) is 110 cm³/mol. The Labute approximate surface area is 168 Å². The molecular formula is C22H33N5O. The number of ether oxygens (including phenoxy) is 1. The Kier molecular flexibility index (Phi) is 6.40. The second kappa shape index (κ2) is 9.16. The van der Waals surface area contributed by atoms with Gasteiger partial charge in [0, 0.05) is 52.1 Å². The first-order chi connectivity index (χ1) is 13.7. The summed E-state index contributed by atoms with van der Waals surface area (Å²) in [5, 5.41) is 4.89. The highest BCUT2D eigenvalue weighted by Gasteiger charge is 2.22. The van der Waals surface area contributed by atoms with Crippen molar-refractivity contribution in [3.05, 3.63) is 47.0 Å². The Hall–Kier alpha value is -1.76. The summed E-state index contributed by atoms with van der Waals surface area (Å²) in [5.41, 5.74) is 4.92. The van der Waals surface area contributed by atoms with Crippen molar-refractivity contribution < 1.29 is 4.74 Å². The molecule has 0 aliphatic carbocycles. The zero-order chi connectivity index (χ0) is 19.3. The van der Waals surface area contributed by atoms with Crippen molar-refractivity contribution in [1.29, 1.82) is 0 Å². The summed E-state index contributed by atoms with van der Waals surface area (Å²) in [6.07, 6.45) is 5.41. The molecule has 152 valence electrons. The molecule has 1 saturated heterocycles. The van der Waals surface area contributed by atoms with Gasteiger partial charge in [-0.3, -0.25) is 19.5 Å². The van der Waals surface area contributed by atoms with Crippen molar-refractivity contribution in [2.45, 2.75) is 52.4 Å². The van der Waals surface area contributed by atoms with Crippen molar-refractivity contribution in [2.75, 3.05) is 33.4 Å². The van der Waals surface area contributed by atoms with E-state index in [2.05, 4.69) is 51.6 Å². The Morgan fingerprint density at radius 3 is 2.86 bits per heavy atom. The van der Waals surface area contributed by atoms with Gasteiger partial charge in [-0.1, -0.05) is 13.0 Å². The number of aryl methyl sites for hydroxylation is 2. The number of aromatic nitrogens is 3. The first-order valence-corrected chi connectivity index (χ1v) is 10.7. The third kappa shape index (κ3) is 4.99. The number of hydrogen-bond donors (Lipinski definition) is 0. The maximum absolute atomic E-state index is 5.55. The first kappa shape index (κ1) is 19.6. The Bertz CT molecular complexity index is 751. The van der Waals surface area contributed by atoms with Crippen molar-refractivity contribution in [1.82, 2.24) is 24.6 Å². The van der Waals surface area contributed by atoms with Gasteiger partial charge in [0.25, 0.3) is 0 Å². The number of pyridine rings is 1. The first-order valence-electron chi connectivity index (χ1n) is 10.7. The van der Waals surface area contributed by atoms with Gasteiger partial charge in [0.15, 0.2) is 0 Å². The van der Waals surface area contributed by atoms with Gasteiger partial charge in [-0.2, -0.15) is 5.10 Å². The minimum atomic E-state index is 0.701. The zero-order valence-corrected chi connectivity index (χ0v) is 17.3. The Morgan fingerprint density at radius 2 is 2.11 bits per heavy atom. The van der Waals surface area contributed by atoms with E-state index in [0.29, 0.717) is 5.92 Å². The number of rotatable bonds is 7. The van der Waals surface area contributed by atoms with Crippen LogP contribution in [0.4, 0.5) is 0 Å². The van der Waals surface area contributed by atoms with E-state index in [1.807, 2.05) is 6.20 Å². The number of fused-ring (bicyclic) bond motifs is 1. The molecule has 0 spiro atoms. The molecule has 0 N–H and O–H groups in total. The average Bonchev–Trinajstić information content (AvgIpc) is 3.28. The topological polar surface area (TPSA) is 46.4 Å². The summed E-state index contributed by atoms with van der Waals surface area (Å²) < 4.78 is 7.78. The summed E-state index contributed by atoms with van der Waals surface area (Å²) in [7, 11) is 2.15.